The van der Waals surface area contributed by atoms with Gasteiger partial charge in [0, 0.05) is 6.04 Å². The van der Waals surface area contributed by atoms with E-state index in [-0.39, 0.29) is 0 Å². The highest BCUT2D eigenvalue weighted by molar-refractivity contribution is 4.83. The maximum Gasteiger partial charge on any atom is 0.138 e. The van der Waals surface area contributed by atoms with Gasteiger partial charge in [-0.15, -0.1) is 0 Å². The number of nitrogens with zero attached hydrogens (tertiary/aromatic N) is 2. The summed E-state index contributed by atoms with van der Waals surface area (Å²) in [5.74, 6) is 1.92. The second kappa shape index (κ2) is 5.99. The van der Waals surface area contributed by atoms with Gasteiger partial charge in [-0.05, 0) is 31.6 Å². The fraction of sp³-hybridized carbons (Fsp3) is 0.833. The van der Waals surface area contributed by atoms with Crippen molar-refractivity contribution in [2.45, 2.75) is 58.0 Å². The molecule has 0 amide bonds. The zero-order chi connectivity index (χ0) is 11.2. The summed E-state index contributed by atoms with van der Waals surface area (Å²) in [6.07, 6.45) is 9.73. The monoisotopic (exact) mass is 222 g/mol. The van der Waals surface area contributed by atoms with Crippen molar-refractivity contribution < 1.29 is 0 Å². The Morgan fingerprint density at radius 1 is 1.38 bits per heavy atom. The molecule has 2 rings (SSSR count). The fourth-order valence-electron chi connectivity index (χ4n) is 2.62. The molecule has 4 heteroatoms. The van der Waals surface area contributed by atoms with E-state index in [1.54, 1.807) is 6.33 Å². The predicted molar refractivity (Wildman–Crippen MR) is 63.9 cm³/mol. The van der Waals surface area contributed by atoms with Gasteiger partial charge in [-0.2, -0.15) is 5.10 Å². The van der Waals surface area contributed by atoms with Crippen LogP contribution in [0.3, 0.4) is 0 Å². The molecular formula is C12H22N4. The number of aromatic nitrogens is 3. The van der Waals surface area contributed by atoms with Gasteiger partial charge in [-0.1, -0.05) is 19.8 Å². The summed E-state index contributed by atoms with van der Waals surface area (Å²) in [5.41, 5.74) is 0. The zero-order valence-electron chi connectivity index (χ0n) is 10.1. The van der Waals surface area contributed by atoms with Crippen LogP contribution in [0.5, 0.6) is 0 Å². The highest BCUT2D eigenvalue weighted by Crippen LogP contribution is 2.27. The van der Waals surface area contributed by atoms with Crippen molar-refractivity contribution in [3.63, 3.8) is 0 Å². The Balaban J connectivity index is 1.65. The maximum atomic E-state index is 4.12. The van der Waals surface area contributed by atoms with E-state index in [1.807, 2.05) is 0 Å². The van der Waals surface area contributed by atoms with Crippen molar-refractivity contribution in [3.05, 3.63) is 12.2 Å². The predicted octanol–water partition coefficient (Wildman–Crippen LogP) is 2.25. The number of aromatic amines is 1. The molecule has 16 heavy (non-hydrogen) atoms. The summed E-state index contributed by atoms with van der Waals surface area (Å²) in [4.78, 5) is 4.12. The molecular weight excluding hydrogens is 200 g/mol. The molecule has 0 unspecified atom stereocenters. The van der Waals surface area contributed by atoms with Gasteiger partial charge in [-0.25, -0.2) is 4.98 Å². The normalized spacial score (nSPS) is 25.8. The Bertz CT molecular complexity index is 275. The van der Waals surface area contributed by atoms with Crippen LogP contribution in [0.15, 0.2) is 6.33 Å². The van der Waals surface area contributed by atoms with Crippen LogP contribution < -0.4 is 5.32 Å². The quantitative estimate of drug-likeness (QED) is 0.803. The zero-order valence-corrected chi connectivity index (χ0v) is 10.1. The highest BCUT2D eigenvalue weighted by Gasteiger charge is 2.20. The highest BCUT2D eigenvalue weighted by atomic mass is 15.2. The van der Waals surface area contributed by atoms with Crippen molar-refractivity contribution in [1.29, 1.82) is 0 Å². The average molecular weight is 222 g/mol. The number of hydrogen-bond donors (Lipinski definition) is 2. The van der Waals surface area contributed by atoms with Crippen LogP contribution in [0.1, 0.15) is 51.3 Å². The molecule has 90 valence electrons. The molecule has 0 aliphatic heterocycles. The first-order valence-electron chi connectivity index (χ1n) is 6.46. The van der Waals surface area contributed by atoms with Crippen LogP contribution >= 0.6 is 0 Å². The maximum absolute atomic E-state index is 4.12. The minimum absolute atomic E-state index is 0.679. The van der Waals surface area contributed by atoms with Crippen LogP contribution in [-0.4, -0.2) is 21.2 Å². The molecule has 1 fully saturated rings. The first kappa shape index (κ1) is 11.6. The van der Waals surface area contributed by atoms with Crippen LogP contribution in [0.25, 0.3) is 0 Å². The summed E-state index contributed by atoms with van der Waals surface area (Å²) in [5, 5.41) is 10.3. The number of rotatable bonds is 5. The first-order valence-corrected chi connectivity index (χ1v) is 6.46. The van der Waals surface area contributed by atoms with Crippen LogP contribution in [-0.2, 0) is 6.54 Å². The molecule has 1 aliphatic rings. The van der Waals surface area contributed by atoms with E-state index < -0.39 is 0 Å². The molecule has 2 N–H and O–H groups in total. The van der Waals surface area contributed by atoms with E-state index in [0.717, 1.165) is 18.3 Å². The van der Waals surface area contributed by atoms with Gasteiger partial charge in [0.1, 0.15) is 12.2 Å². The van der Waals surface area contributed by atoms with E-state index in [0.29, 0.717) is 6.04 Å². The van der Waals surface area contributed by atoms with Crippen molar-refractivity contribution >= 4 is 0 Å². The van der Waals surface area contributed by atoms with Crippen LogP contribution in [0.4, 0.5) is 0 Å². The number of nitrogens with one attached hydrogen (secondary N) is 2. The largest absolute Gasteiger partial charge is 0.307 e. The fourth-order valence-corrected chi connectivity index (χ4v) is 2.62. The molecule has 1 aliphatic carbocycles. The van der Waals surface area contributed by atoms with Crippen LogP contribution in [0, 0.1) is 5.92 Å². The lowest BCUT2D eigenvalue weighted by atomic mass is 9.83. The van der Waals surface area contributed by atoms with Gasteiger partial charge in [0.25, 0.3) is 0 Å². The summed E-state index contributed by atoms with van der Waals surface area (Å²) in [7, 11) is 0. The van der Waals surface area contributed by atoms with Gasteiger partial charge < -0.3 is 5.32 Å². The molecule has 0 radical (unpaired) electrons. The van der Waals surface area contributed by atoms with E-state index in [9.17, 15) is 0 Å². The molecule has 4 nitrogen and oxygen atoms in total. The second-order valence-electron chi connectivity index (χ2n) is 4.82. The van der Waals surface area contributed by atoms with Gasteiger partial charge in [-0.3, -0.25) is 5.10 Å². The molecule has 0 aromatic carbocycles. The molecule has 1 aromatic heterocycles. The first-order chi connectivity index (χ1) is 7.88. The minimum Gasteiger partial charge on any atom is -0.307 e. The average Bonchev–Trinajstić information content (AvgIpc) is 2.82. The summed E-state index contributed by atoms with van der Waals surface area (Å²) >= 11 is 0. The van der Waals surface area contributed by atoms with E-state index >= 15 is 0 Å². The van der Waals surface area contributed by atoms with Crippen molar-refractivity contribution in [2.75, 3.05) is 0 Å². The third-order valence-corrected chi connectivity index (χ3v) is 3.57. The number of hydrogen-bond acceptors (Lipinski definition) is 3. The van der Waals surface area contributed by atoms with Crippen molar-refractivity contribution in [3.8, 4) is 0 Å². The second-order valence-corrected chi connectivity index (χ2v) is 4.82. The third kappa shape index (κ3) is 3.30. The third-order valence-electron chi connectivity index (χ3n) is 3.57. The SMILES string of the molecule is CCCC1CCC(NCc2ncn[nH]2)CC1. The lowest BCUT2D eigenvalue weighted by Crippen LogP contribution is -2.33. The van der Waals surface area contributed by atoms with Crippen molar-refractivity contribution in [1.82, 2.24) is 20.5 Å². The Morgan fingerprint density at radius 2 is 2.19 bits per heavy atom. The Labute approximate surface area is 97.2 Å². The van der Waals surface area contributed by atoms with Crippen LogP contribution in [0.2, 0.25) is 0 Å². The number of H-pyrrole nitrogens is 1. The molecule has 0 bridgehead atoms. The van der Waals surface area contributed by atoms with Gasteiger partial charge in [0.15, 0.2) is 0 Å². The molecule has 1 heterocycles. The molecule has 1 saturated carbocycles. The standard InChI is InChI=1S/C12H22N4/c1-2-3-10-4-6-11(7-5-10)13-8-12-14-9-15-16-12/h9-11,13H,2-8H2,1H3,(H,14,15,16). The molecule has 0 atom stereocenters. The minimum atomic E-state index is 0.679. The van der Waals surface area contributed by atoms with Gasteiger partial charge in [0.2, 0.25) is 0 Å². The summed E-state index contributed by atoms with van der Waals surface area (Å²) in [6, 6.07) is 0.679. The summed E-state index contributed by atoms with van der Waals surface area (Å²) < 4.78 is 0. The van der Waals surface area contributed by atoms with E-state index in [2.05, 4.69) is 27.4 Å². The van der Waals surface area contributed by atoms with E-state index in [4.69, 9.17) is 0 Å². The molecule has 0 spiro atoms. The lowest BCUT2D eigenvalue weighted by Gasteiger charge is -2.28. The molecule has 0 saturated heterocycles. The Kier molecular flexibility index (Phi) is 4.34. The van der Waals surface area contributed by atoms with E-state index in [1.165, 1.54) is 38.5 Å². The Hall–Kier alpha value is -0.900. The van der Waals surface area contributed by atoms with Crippen molar-refractivity contribution in [2.24, 2.45) is 5.92 Å². The topological polar surface area (TPSA) is 53.6 Å². The molecule has 1 aromatic rings. The summed E-state index contributed by atoms with van der Waals surface area (Å²) in [6.45, 7) is 3.11. The Morgan fingerprint density at radius 3 is 2.81 bits per heavy atom. The smallest absolute Gasteiger partial charge is 0.138 e. The lowest BCUT2D eigenvalue weighted by molar-refractivity contribution is 0.276. The van der Waals surface area contributed by atoms with Gasteiger partial charge >= 0.3 is 0 Å². The van der Waals surface area contributed by atoms with Gasteiger partial charge in [0.05, 0.1) is 6.54 Å².